The fraction of sp³-hybridized carbons (Fsp3) is 0.421. The SMILES string of the molecule is CCCCCCCCCCOc1ccc(C2(c3ccc(CCCC)cc3)c3cc(C)ccc3-c3ccc(-c4ccc5c(c4)c4cc(-c6ccc7c(c6)C(c6ccccc6)(c6ccc(OCCCCC)c(OCCCCC)c6)c6cc(C)ccc6-7)ccc4n5-c4cc(C)c(OCCCCCCCC)c(C)c4)cc32)cc1OCCCCCCCCCC. The number of ether oxygens (including phenoxy) is 5. The van der Waals surface area contributed by atoms with Gasteiger partial charge in [0.25, 0.3) is 0 Å². The minimum atomic E-state index is -0.706. The highest BCUT2D eigenvalue weighted by Crippen LogP contribution is 2.60. The number of unbranched alkanes of at least 4 members (excludes halogenated alkanes) is 24. The first-order chi connectivity index (χ1) is 59.0. The van der Waals surface area contributed by atoms with E-state index in [1.807, 2.05) is 0 Å². The van der Waals surface area contributed by atoms with Crippen molar-refractivity contribution in [2.75, 3.05) is 33.0 Å². The van der Waals surface area contributed by atoms with Gasteiger partial charge in [-0.3, -0.25) is 0 Å². The van der Waals surface area contributed by atoms with Crippen molar-refractivity contribution in [2.24, 2.45) is 0 Å². The van der Waals surface area contributed by atoms with Gasteiger partial charge in [0.15, 0.2) is 23.0 Å². The molecular formula is C114H137NO5. The third-order valence-corrected chi connectivity index (χ3v) is 26.2. The third kappa shape index (κ3) is 19.1. The van der Waals surface area contributed by atoms with Crippen LogP contribution in [-0.2, 0) is 17.3 Å². The quantitative estimate of drug-likeness (QED) is 0.0356. The molecule has 0 bridgehead atoms. The number of hydrogen-bond donors (Lipinski definition) is 0. The van der Waals surface area contributed by atoms with Crippen molar-refractivity contribution in [3.8, 4) is 78.9 Å². The highest BCUT2D eigenvalue weighted by molar-refractivity contribution is 6.12. The minimum Gasteiger partial charge on any atom is -0.493 e. The molecule has 11 aromatic carbocycles. The topological polar surface area (TPSA) is 51.1 Å². The average molecular weight is 1600 g/mol. The van der Waals surface area contributed by atoms with Crippen molar-refractivity contribution >= 4 is 21.8 Å². The number of benzene rings is 11. The molecule has 6 heteroatoms. The summed E-state index contributed by atoms with van der Waals surface area (Å²) in [5, 5.41) is 2.39. The van der Waals surface area contributed by atoms with Crippen molar-refractivity contribution < 1.29 is 23.7 Å². The highest BCUT2D eigenvalue weighted by Gasteiger charge is 2.49. The summed E-state index contributed by atoms with van der Waals surface area (Å²) < 4.78 is 36.8. The standard InChI is InChI=1S/C114H137NO5/c1-11-17-23-26-29-31-34-41-69-117-109-66-58-94(81-111(109)119-70-42-35-32-30-27-24-18-12-2)114(92-55-49-86(50-56-92)44-22-16-6)103-73-83(8)48-60-97(103)99-62-52-90(79-105(99)114)88-54-64-107-101(77-88)100-76-87(53-63-106(100)115(107)95-74-84(9)112(85(10)75-95)120-71-43-33-28-25-19-13-3)89-51-61-98-96-59-47-82(7)72-102(96)113(104(98)78-89,91-45-37-36-38-46-91)93-57-65-108(116-67-39-20-14-4)110(80-93)118-68-40-21-15-5/h36-38,45-66,72-81H,11-35,39-44,67-71H2,1-10H3. The first-order valence-electron chi connectivity index (χ1n) is 47.3. The normalized spacial score (nSPS) is 14.5. The van der Waals surface area contributed by atoms with Crippen LogP contribution < -0.4 is 23.7 Å². The molecule has 12 aromatic rings. The summed E-state index contributed by atoms with van der Waals surface area (Å²) in [5.41, 5.74) is 27.8. The van der Waals surface area contributed by atoms with Gasteiger partial charge in [0.05, 0.1) is 54.9 Å². The highest BCUT2D eigenvalue weighted by atomic mass is 16.5. The average Bonchev–Trinajstić information content (AvgIpc) is 1.53. The molecule has 0 radical (unpaired) electrons. The van der Waals surface area contributed by atoms with E-state index < -0.39 is 10.8 Å². The molecule has 2 aliphatic carbocycles. The van der Waals surface area contributed by atoms with Gasteiger partial charge in [0, 0.05) is 16.5 Å². The molecule has 2 unspecified atom stereocenters. The van der Waals surface area contributed by atoms with Gasteiger partial charge in [0.1, 0.15) is 5.75 Å². The zero-order valence-electron chi connectivity index (χ0n) is 74.7. The lowest BCUT2D eigenvalue weighted by atomic mass is 9.67. The van der Waals surface area contributed by atoms with Crippen molar-refractivity contribution in [2.45, 2.75) is 279 Å². The van der Waals surface area contributed by atoms with E-state index in [1.54, 1.807) is 0 Å². The van der Waals surface area contributed by atoms with Crippen LogP contribution in [0.5, 0.6) is 28.7 Å². The molecule has 2 aliphatic rings. The van der Waals surface area contributed by atoms with Crippen molar-refractivity contribution in [1.29, 1.82) is 0 Å². The second-order valence-electron chi connectivity index (χ2n) is 35.2. The van der Waals surface area contributed by atoms with Crippen LogP contribution in [0.15, 0.2) is 212 Å². The number of rotatable bonds is 48. The molecule has 120 heavy (non-hydrogen) atoms. The zero-order chi connectivity index (χ0) is 83.2. The van der Waals surface area contributed by atoms with E-state index in [0.29, 0.717) is 26.4 Å². The summed E-state index contributed by atoms with van der Waals surface area (Å²) in [5.74, 6) is 4.31. The Morgan fingerprint density at radius 3 is 1.02 bits per heavy atom. The molecule has 0 saturated carbocycles. The van der Waals surface area contributed by atoms with Gasteiger partial charge in [-0.2, -0.15) is 0 Å². The van der Waals surface area contributed by atoms with E-state index in [4.69, 9.17) is 23.7 Å². The summed E-state index contributed by atoms with van der Waals surface area (Å²) in [6.45, 7) is 26.0. The Kier molecular flexibility index (Phi) is 30.4. The molecule has 14 rings (SSSR count). The lowest BCUT2D eigenvalue weighted by Crippen LogP contribution is -2.29. The number of nitrogens with zero attached hydrogens (tertiary/aromatic N) is 1. The first-order valence-corrected chi connectivity index (χ1v) is 47.3. The largest absolute Gasteiger partial charge is 0.493 e. The number of fused-ring (bicyclic) bond motifs is 9. The van der Waals surface area contributed by atoms with Crippen LogP contribution in [0.4, 0.5) is 0 Å². The van der Waals surface area contributed by atoms with Crippen LogP contribution in [0.1, 0.15) is 306 Å². The maximum absolute atomic E-state index is 7.13. The van der Waals surface area contributed by atoms with Gasteiger partial charge in [-0.25, -0.2) is 0 Å². The summed E-state index contributed by atoms with van der Waals surface area (Å²) in [6.07, 6.45) is 37.2. The summed E-state index contributed by atoms with van der Waals surface area (Å²) in [4.78, 5) is 0. The second kappa shape index (κ2) is 42.1. The molecule has 6 nitrogen and oxygen atoms in total. The predicted molar refractivity (Wildman–Crippen MR) is 509 cm³/mol. The Morgan fingerprint density at radius 1 is 0.258 bits per heavy atom. The third-order valence-electron chi connectivity index (χ3n) is 26.2. The zero-order valence-corrected chi connectivity index (χ0v) is 74.7. The first kappa shape index (κ1) is 86.6. The molecule has 1 heterocycles. The minimum absolute atomic E-state index is 0.633. The molecule has 0 N–H and O–H groups in total. The molecule has 0 fully saturated rings. The lowest BCUT2D eigenvalue weighted by molar-refractivity contribution is 0.258. The smallest absolute Gasteiger partial charge is 0.161 e. The van der Waals surface area contributed by atoms with Crippen LogP contribution in [-0.4, -0.2) is 37.6 Å². The molecule has 0 saturated heterocycles. The fourth-order valence-electron chi connectivity index (χ4n) is 19.7. The lowest BCUT2D eigenvalue weighted by Gasteiger charge is -2.35. The van der Waals surface area contributed by atoms with Gasteiger partial charge in [-0.1, -0.05) is 346 Å². The van der Waals surface area contributed by atoms with E-state index in [2.05, 4.69) is 286 Å². The van der Waals surface area contributed by atoms with Crippen LogP contribution in [0.2, 0.25) is 0 Å². The Hall–Kier alpha value is -9.78. The number of aromatic nitrogens is 1. The number of hydrogen-bond acceptors (Lipinski definition) is 5. The van der Waals surface area contributed by atoms with Gasteiger partial charge in [-0.05, 0) is 251 Å². The van der Waals surface area contributed by atoms with E-state index in [1.165, 1.54) is 215 Å². The van der Waals surface area contributed by atoms with Crippen molar-refractivity contribution in [3.05, 3.63) is 285 Å². The van der Waals surface area contributed by atoms with Gasteiger partial charge in [0.2, 0.25) is 0 Å². The maximum Gasteiger partial charge on any atom is 0.161 e. The maximum atomic E-state index is 7.13. The Bertz CT molecular complexity index is 5330. The van der Waals surface area contributed by atoms with Gasteiger partial charge in [-0.15, -0.1) is 0 Å². The Morgan fingerprint density at radius 2 is 0.592 bits per heavy atom. The summed E-state index contributed by atoms with van der Waals surface area (Å²) in [6, 6.07) is 83.1. The van der Waals surface area contributed by atoms with E-state index in [0.717, 1.165) is 163 Å². The van der Waals surface area contributed by atoms with Crippen molar-refractivity contribution in [3.63, 3.8) is 0 Å². The van der Waals surface area contributed by atoms with Crippen LogP contribution in [0, 0.1) is 27.7 Å². The molecular weight excluding hydrogens is 1460 g/mol. The second-order valence-corrected chi connectivity index (χ2v) is 35.2. The predicted octanol–water partition coefficient (Wildman–Crippen LogP) is 32.3. The molecule has 0 spiro atoms. The number of aryl methyl sites for hydroxylation is 5. The molecule has 0 amide bonds. The molecule has 628 valence electrons. The molecule has 2 atom stereocenters. The van der Waals surface area contributed by atoms with Gasteiger partial charge >= 0.3 is 0 Å². The summed E-state index contributed by atoms with van der Waals surface area (Å²) >= 11 is 0. The fourth-order valence-corrected chi connectivity index (χ4v) is 19.7. The van der Waals surface area contributed by atoms with Crippen molar-refractivity contribution in [1.82, 2.24) is 4.57 Å². The van der Waals surface area contributed by atoms with E-state index in [-0.39, 0.29) is 0 Å². The monoisotopic (exact) mass is 1600 g/mol. The van der Waals surface area contributed by atoms with Crippen LogP contribution in [0.3, 0.4) is 0 Å². The van der Waals surface area contributed by atoms with E-state index in [9.17, 15) is 0 Å². The summed E-state index contributed by atoms with van der Waals surface area (Å²) in [7, 11) is 0. The van der Waals surface area contributed by atoms with Crippen LogP contribution in [0.25, 0.3) is 72.0 Å². The Balaban J connectivity index is 0.921. The van der Waals surface area contributed by atoms with Crippen LogP contribution >= 0.6 is 0 Å². The van der Waals surface area contributed by atoms with Gasteiger partial charge < -0.3 is 28.3 Å². The molecule has 1 aromatic heterocycles. The van der Waals surface area contributed by atoms with E-state index >= 15 is 0 Å². The molecule has 0 aliphatic heterocycles. The Labute approximate surface area is 721 Å².